The van der Waals surface area contributed by atoms with Crippen molar-refractivity contribution in [2.75, 3.05) is 19.0 Å². The van der Waals surface area contributed by atoms with Crippen molar-refractivity contribution < 1.29 is 29.4 Å². The summed E-state index contributed by atoms with van der Waals surface area (Å²) in [6.07, 6.45) is -2.90. The number of nitrogens with zero attached hydrogens (tertiary/aromatic N) is 3. The number of methoxy groups -OCH3 is 1. The topological polar surface area (TPSA) is 141 Å². The van der Waals surface area contributed by atoms with Crippen LogP contribution in [0.5, 0.6) is 0 Å². The van der Waals surface area contributed by atoms with Gasteiger partial charge >= 0.3 is 0 Å². The van der Waals surface area contributed by atoms with E-state index in [-0.39, 0.29) is 12.6 Å². The smallest absolute Gasteiger partial charge is 0.266 e. The zero-order chi connectivity index (χ0) is 16.0. The summed E-state index contributed by atoms with van der Waals surface area (Å²) in [6, 6.07) is 0. The molecule has 5 atom stereocenters. The number of aliphatic hydroxyl groups excluding tert-OH is 2. The molecule has 1 saturated heterocycles. The van der Waals surface area contributed by atoms with E-state index in [1.54, 1.807) is 22.5 Å². The number of hydrogen-bond donors (Lipinski definition) is 4. The molecule has 0 spiro atoms. The van der Waals surface area contributed by atoms with Crippen LogP contribution in [0.2, 0.25) is 0 Å². The second-order valence-electron chi connectivity index (χ2n) is 5.30. The van der Waals surface area contributed by atoms with Crippen molar-refractivity contribution in [1.82, 2.24) is 4.57 Å². The van der Waals surface area contributed by atoms with Gasteiger partial charge in [-0.3, -0.25) is 4.57 Å². The van der Waals surface area contributed by atoms with Crippen LogP contribution in [0, 0.1) is 0 Å². The van der Waals surface area contributed by atoms with Gasteiger partial charge in [-0.2, -0.15) is 0 Å². The van der Waals surface area contributed by atoms with Crippen molar-refractivity contribution in [2.45, 2.75) is 30.8 Å². The monoisotopic (exact) mass is 313 g/mol. The maximum absolute atomic E-state index is 12.0. The van der Waals surface area contributed by atoms with E-state index in [9.17, 15) is 15.3 Å². The number of aryl methyl sites for hydroxylation is 1. The van der Waals surface area contributed by atoms with Crippen molar-refractivity contribution >= 4 is 11.8 Å². The van der Waals surface area contributed by atoms with E-state index in [4.69, 9.17) is 15.2 Å². The van der Waals surface area contributed by atoms with E-state index in [1.807, 2.05) is 0 Å². The van der Waals surface area contributed by atoms with E-state index in [0.717, 1.165) is 0 Å². The van der Waals surface area contributed by atoms with Gasteiger partial charge in [-0.1, -0.05) is 0 Å². The van der Waals surface area contributed by atoms with Gasteiger partial charge in [0.2, 0.25) is 6.23 Å². The Hall–Kier alpha value is -1.72. The molecule has 0 bridgehead atoms. The molecule has 0 saturated carbocycles. The van der Waals surface area contributed by atoms with Gasteiger partial charge in [0, 0.05) is 13.3 Å². The lowest BCUT2D eigenvalue weighted by Crippen LogP contribution is -2.49. The highest BCUT2D eigenvalue weighted by molar-refractivity contribution is 5.92. The van der Waals surface area contributed by atoms with Crippen molar-refractivity contribution in [1.29, 1.82) is 0 Å². The molecule has 0 aromatic carbocycles. The van der Waals surface area contributed by atoms with Crippen LogP contribution in [0.1, 0.15) is 18.1 Å². The minimum absolute atomic E-state index is 0.00179. The molecule has 22 heavy (non-hydrogen) atoms. The van der Waals surface area contributed by atoms with Crippen LogP contribution in [-0.2, 0) is 16.5 Å². The van der Waals surface area contributed by atoms with Crippen LogP contribution in [0.4, 0.5) is 5.82 Å². The summed E-state index contributed by atoms with van der Waals surface area (Å²) in [4.78, 5) is 3.73. The highest BCUT2D eigenvalue weighted by Gasteiger charge is 2.48. The van der Waals surface area contributed by atoms with Gasteiger partial charge < -0.3 is 30.5 Å². The number of imidazole rings is 1. The quantitative estimate of drug-likeness (QED) is 0.428. The summed E-state index contributed by atoms with van der Waals surface area (Å²) in [5.41, 5.74) is 5.99. The number of rotatable bonds is 3. The van der Waals surface area contributed by atoms with Gasteiger partial charge in [-0.05, 0) is 0 Å². The molecular weight excluding hydrogens is 294 g/mol. The van der Waals surface area contributed by atoms with Gasteiger partial charge in [0.05, 0.1) is 13.7 Å². The maximum atomic E-state index is 12.0. The largest absolute Gasteiger partial charge is 0.829 e. The second-order valence-corrected chi connectivity index (χ2v) is 5.30. The number of aromatic nitrogens is 2. The number of hydrogen-bond acceptors (Lipinski definition) is 8. The van der Waals surface area contributed by atoms with E-state index in [2.05, 4.69) is 10.3 Å². The van der Waals surface area contributed by atoms with Crippen LogP contribution < -0.4 is 20.7 Å². The maximum Gasteiger partial charge on any atom is 0.266 e. The molecule has 3 heterocycles. The Kier molecular flexibility index (Phi) is 3.78. The van der Waals surface area contributed by atoms with Gasteiger partial charge in [0.25, 0.3) is 11.8 Å². The predicted octanol–water partition coefficient (Wildman–Crippen LogP) is -3.32. The van der Waals surface area contributed by atoms with E-state index in [1.165, 1.54) is 7.11 Å². The molecule has 2 aliphatic heterocycles. The Bertz CT molecular complexity index is 603. The first-order valence-corrected chi connectivity index (χ1v) is 6.81. The van der Waals surface area contributed by atoms with Gasteiger partial charge in [-0.15, -0.1) is 0 Å². The number of guanidine groups is 1. The molecule has 10 heteroatoms. The fraction of sp³-hybridized carbons (Fsp3) is 0.667. The standard InChI is InChI=1S/C12H19N5O5/c1-16-4-17(9-6(16)10(20)15-12(13)14-9)11-7(19)8(21-2)5(3-18)22-11/h4-5,7-8,10-11,18-19H,3H2,1-2H3,(H3,13,14,15)/t5?,7?,8-,10?,11?/m0/s1. The number of fused-ring (bicyclic) bond motifs is 1. The molecule has 0 radical (unpaired) electrons. The Morgan fingerprint density at radius 2 is 2.36 bits per heavy atom. The number of nitrogens with two attached hydrogens (primary N) is 1. The summed E-state index contributed by atoms with van der Waals surface area (Å²) >= 11 is 0. The molecule has 1 aromatic rings. The van der Waals surface area contributed by atoms with E-state index < -0.39 is 30.8 Å². The highest BCUT2D eigenvalue weighted by atomic mass is 16.6. The molecule has 3 rings (SSSR count). The van der Waals surface area contributed by atoms with Crippen LogP contribution in [0.3, 0.4) is 0 Å². The van der Waals surface area contributed by atoms with Crippen LogP contribution >= 0.6 is 0 Å². The first-order valence-electron chi connectivity index (χ1n) is 6.81. The van der Waals surface area contributed by atoms with E-state index >= 15 is 0 Å². The molecule has 4 unspecified atom stereocenters. The zero-order valence-corrected chi connectivity index (χ0v) is 12.2. The Labute approximate surface area is 126 Å². The summed E-state index contributed by atoms with van der Waals surface area (Å²) < 4.78 is 14.0. The van der Waals surface area contributed by atoms with E-state index in [0.29, 0.717) is 11.5 Å². The third-order valence-electron chi connectivity index (χ3n) is 3.95. The fourth-order valence-electron chi connectivity index (χ4n) is 2.95. The third kappa shape index (κ3) is 2.16. The Morgan fingerprint density at radius 3 is 2.95 bits per heavy atom. The molecule has 2 aliphatic rings. The average Bonchev–Trinajstić information content (AvgIpc) is 2.96. The molecule has 1 aromatic heterocycles. The first-order chi connectivity index (χ1) is 10.5. The van der Waals surface area contributed by atoms with Gasteiger partial charge in [0.15, 0.2) is 12.0 Å². The van der Waals surface area contributed by atoms with Gasteiger partial charge in [-0.25, -0.2) is 14.9 Å². The van der Waals surface area contributed by atoms with Crippen molar-refractivity contribution in [3.05, 3.63) is 12.0 Å². The lowest BCUT2D eigenvalue weighted by atomic mass is 10.1. The molecule has 0 amide bonds. The zero-order valence-electron chi connectivity index (χ0n) is 12.2. The van der Waals surface area contributed by atoms with Crippen molar-refractivity contribution in [3.63, 3.8) is 0 Å². The molecular formula is C12H19N5O5. The summed E-state index contributed by atoms with van der Waals surface area (Å²) in [7, 11) is 3.13. The molecule has 0 aliphatic carbocycles. The summed E-state index contributed by atoms with van der Waals surface area (Å²) in [5.74, 6) is 0.412. The number of anilines is 1. The van der Waals surface area contributed by atoms with Crippen LogP contribution in [0.25, 0.3) is 0 Å². The number of ether oxygens (including phenoxy) is 2. The van der Waals surface area contributed by atoms with Crippen molar-refractivity contribution in [2.24, 2.45) is 17.8 Å². The Morgan fingerprint density at radius 1 is 1.64 bits per heavy atom. The van der Waals surface area contributed by atoms with Crippen LogP contribution in [-0.4, -0.2) is 52.8 Å². The van der Waals surface area contributed by atoms with Crippen LogP contribution in [0.15, 0.2) is 11.3 Å². The minimum Gasteiger partial charge on any atom is -0.829 e. The summed E-state index contributed by atoms with van der Waals surface area (Å²) in [6.45, 7) is -0.289. The average molecular weight is 313 g/mol. The van der Waals surface area contributed by atoms with Gasteiger partial charge in [0.1, 0.15) is 18.3 Å². The highest BCUT2D eigenvalue weighted by Crippen LogP contribution is 2.31. The number of nitrogens with one attached hydrogen (secondary N) is 1. The summed E-state index contributed by atoms with van der Waals surface area (Å²) in [5, 5.41) is 34.6. The SMILES string of the molecule is CO[C@H]1C(CO)OC([n+]2cn(C)c3c2NC(N)=NC3[O-])C1O. The normalized spacial score (nSPS) is 34.2. The lowest BCUT2D eigenvalue weighted by molar-refractivity contribution is -0.753. The lowest BCUT2D eigenvalue weighted by Gasteiger charge is -2.22. The Balaban J connectivity index is 1.99. The molecule has 1 fully saturated rings. The number of aliphatic imine (C=N–C) groups is 1. The predicted molar refractivity (Wildman–Crippen MR) is 71.4 cm³/mol. The second kappa shape index (κ2) is 5.48. The van der Waals surface area contributed by atoms with Crippen molar-refractivity contribution in [3.8, 4) is 0 Å². The third-order valence-corrected chi connectivity index (χ3v) is 3.95. The minimum atomic E-state index is -1.35. The molecule has 122 valence electrons. The number of aliphatic hydroxyl groups is 2. The fourth-order valence-corrected chi connectivity index (χ4v) is 2.95. The molecule has 10 nitrogen and oxygen atoms in total. The molecule has 5 N–H and O–H groups in total. The first kappa shape index (κ1) is 15.2.